The third-order valence-corrected chi connectivity index (χ3v) is 3.53. The molecule has 1 aliphatic rings. The number of para-hydroxylation sites is 1. The first-order valence-electron chi connectivity index (χ1n) is 6.84. The molecule has 1 unspecified atom stereocenters. The van der Waals surface area contributed by atoms with E-state index in [1.54, 1.807) is 4.90 Å². The summed E-state index contributed by atoms with van der Waals surface area (Å²) >= 11 is 0. The number of rotatable bonds is 3. The van der Waals surface area contributed by atoms with Crippen molar-refractivity contribution >= 4 is 17.4 Å². The van der Waals surface area contributed by atoms with Crippen LogP contribution in [0, 0.1) is 0 Å². The molecule has 2 aromatic carbocycles. The Balaban J connectivity index is 2.05. The van der Waals surface area contributed by atoms with E-state index in [-0.39, 0.29) is 17.7 Å². The van der Waals surface area contributed by atoms with Crippen molar-refractivity contribution in [2.24, 2.45) is 0 Å². The van der Waals surface area contributed by atoms with E-state index in [1.807, 2.05) is 60.7 Å². The molecule has 1 atom stereocenters. The van der Waals surface area contributed by atoms with Crippen LogP contribution < -0.4 is 4.90 Å². The lowest BCUT2D eigenvalue weighted by Gasteiger charge is -2.43. The van der Waals surface area contributed by atoms with Gasteiger partial charge in [-0.2, -0.15) is 0 Å². The quantitative estimate of drug-likeness (QED) is 0.637. The molecule has 0 spiro atoms. The molecule has 0 N–H and O–H groups in total. The van der Waals surface area contributed by atoms with E-state index in [0.717, 1.165) is 11.3 Å². The number of anilines is 1. The number of ketones is 1. The summed E-state index contributed by atoms with van der Waals surface area (Å²) in [6, 6.07) is 19.1. The summed E-state index contributed by atoms with van der Waals surface area (Å²) in [5, 5.41) is 0. The van der Waals surface area contributed by atoms with Crippen molar-refractivity contribution in [3.05, 3.63) is 77.9 Å². The average Bonchev–Trinajstić information content (AvgIpc) is 2.51. The van der Waals surface area contributed by atoms with Crippen LogP contribution in [-0.2, 0) is 9.59 Å². The van der Waals surface area contributed by atoms with Crippen LogP contribution in [0.1, 0.15) is 18.5 Å². The second kappa shape index (κ2) is 5.37. The topological polar surface area (TPSA) is 37.4 Å². The second-order valence-electron chi connectivity index (χ2n) is 5.03. The number of carbonyl (C=O) groups is 2. The van der Waals surface area contributed by atoms with Crippen molar-refractivity contribution in [3.63, 3.8) is 0 Å². The first-order valence-corrected chi connectivity index (χ1v) is 6.84. The number of benzene rings is 2. The Hall–Kier alpha value is -2.68. The fraction of sp³-hybridized carbons (Fsp3) is 0.111. The van der Waals surface area contributed by atoms with Gasteiger partial charge in [-0.15, -0.1) is 0 Å². The zero-order valence-corrected chi connectivity index (χ0v) is 11.7. The molecule has 1 heterocycles. The number of hydrogen-bond donors (Lipinski definition) is 0. The molecule has 2 aromatic rings. The Bertz CT molecular complexity index is 705. The summed E-state index contributed by atoms with van der Waals surface area (Å²) in [7, 11) is 0. The van der Waals surface area contributed by atoms with E-state index in [0.29, 0.717) is 5.57 Å². The molecule has 0 radical (unpaired) electrons. The fourth-order valence-corrected chi connectivity index (χ4v) is 2.62. The van der Waals surface area contributed by atoms with Crippen molar-refractivity contribution in [1.82, 2.24) is 0 Å². The van der Waals surface area contributed by atoms with Crippen LogP contribution in [0.25, 0.3) is 0 Å². The van der Waals surface area contributed by atoms with Crippen molar-refractivity contribution < 1.29 is 9.59 Å². The summed E-state index contributed by atoms with van der Waals surface area (Å²) in [4.78, 5) is 25.5. The second-order valence-corrected chi connectivity index (χ2v) is 5.03. The summed E-state index contributed by atoms with van der Waals surface area (Å²) in [6.07, 6.45) is 1.44. The van der Waals surface area contributed by atoms with Crippen LogP contribution in [0.15, 0.2) is 72.3 Å². The Morgan fingerprint density at radius 1 is 1.00 bits per heavy atom. The van der Waals surface area contributed by atoms with E-state index in [9.17, 15) is 9.59 Å². The molecule has 3 heteroatoms. The molecule has 21 heavy (non-hydrogen) atoms. The van der Waals surface area contributed by atoms with Crippen LogP contribution >= 0.6 is 0 Å². The number of allylic oxidation sites excluding steroid dienone is 1. The first-order chi connectivity index (χ1) is 10.2. The fourth-order valence-electron chi connectivity index (χ4n) is 2.62. The summed E-state index contributed by atoms with van der Waals surface area (Å²) in [6.45, 7) is 1.47. The maximum atomic E-state index is 12.4. The zero-order valence-electron chi connectivity index (χ0n) is 11.7. The molecule has 1 amide bonds. The molecule has 3 rings (SSSR count). The third kappa shape index (κ3) is 2.38. The smallest absolute Gasteiger partial charge is 0.257 e. The van der Waals surface area contributed by atoms with Crippen LogP contribution in [-0.4, -0.2) is 11.7 Å². The summed E-state index contributed by atoms with van der Waals surface area (Å²) in [5.74, 6) is -0.211. The third-order valence-electron chi connectivity index (χ3n) is 3.53. The van der Waals surface area contributed by atoms with Gasteiger partial charge in [0.25, 0.3) is 5.91 Å². The van der Waals surface area contributed by atoms with Gasteiger partial charge in [0.1, 0.15) is 0 Å². The van der Waals surface area contributed by atoms with Gasteiger partial charge >= 0.3 is 0 Å². The molecule has 0 saturated carbocycles. The minimum Gasteiger partial charge on any atom is -0.297 e. The molecule has 0 aliphatic carbocycles. The van der Waals surface area contributed by atoms with Gasteiger partial charge in [0.15, 0.2) is 5.78 Å². The van der Waals surface area contributed by atoms with Crippen molar-refractivity contribution in [2.75, 3.05) is 4.90 Å². The van der Waals surface area contributed by atoms with Gasteiger partial charge in [0, 0.05) is 11.3 Å². The SMILES string of the molecule is CC(=O)C=C1C(=O)N(c2ccccc2)C1c1ccccc1. The number of nitrogens with zero attached hydrogens (tertiary/aromatic N) is 1. The van der Waals surface area contributed by atoms with Gasteiger partial charge in [-0.1, -0.05) is 48.5 Å². The number of carbonyl (C=O) groups excluding carboxylic acids is 2. The Labute approximate surface area is 123 Å². The minimum absolute atomic E-state index is 0.105. The molecular weight excluding hydrogens is 262 g/mol. The van der Waals surface area contributed by atoms with Crippen molar-refractivity contribution in [1.29, 1.82) is 0 Å². The summed E-state index contributed by atoms with van der Waals surface area (Å²) in [5.41, 5.74) is 2.41. The molecular formula is C18H15NO2. The van der Waals surface area contributed by atoms with Crippen molar-refractivity contribution in [3.8, 4) is 0 Å². The Morgan fingerprint density at radius 3 is 2.14 bits per heavy atom. The highest BCUT2D eigenvalue weighted by Crippen LogP contribution is 2.42. The van der Waals surface area contributed by atoms with Crippen LogP contribution in [0.2, 0.25) is 0 Å². The predicted molar refractivity (Wildman–Crippen MR) is 81.9 cm³/mol. The zero-order chi connectivity index (χ0) is 14.8. The molecule has 0 bridgehead atoms. The lowest BCUT2D eigenvalue weighted by Crippen LogP contribution is -2.49. The highest BCUT2D eigenvalue weighted by atomic mass is 16.2. The average molecular weight is 277 g/mol. The molecule has 3 nitrogen and oxygen atoms in total. The number of amides is 1. The van der Waals surface area contributed by atoms with E-state index in [4.69, 9.17) is 0 Å². The highest BCUT2D eigenvalue weighted by Gasteiger charge is 2.43. The van der Waals surface area contributed by atoms with Gasteiger partial charge in [-0.25, -0.2) is 0 Å². The maximum Gasteiger partial charge on any atom is 0.257 e. The van der Waals surface area contributed by atoms with Gasteiger partial charge < -0.3 is 0 Å². The molecule has 0 aromatic heterocycles. The molecule has 1 fully saturated rings. The minimum atomic E-state index is -0.190. The maximum absolute atomic E-state index is 12.4. The van der Waals surface area contributed by atoms with Gasteiger partial charge in [-0.05, 0) is 30.7 Å². The monoisotopic (exact) mass is 277 g/mol. The van der Waals surface area contributed by atoms with Gasteiger partial charge in [-0.3, -0.25) is 14.5 Å². The van der Waals surface area contributed by atoms with Gasteiger partial charge in [0.05, 0.1) is 6.04 Å². The van der Waals surface area contributed by atoms with E-state index in [2.05, 4.69) is 0 Å². The normalized spacial score (nSPS) is 19.5. The molecule has 1 aliphatic heterocycles. The van der Waals surface area contributed by atoms with Crippen LogP contribution in [0.5, 0.6) is 0 Å². The largest absolute Gasteiger partial charge is 0.297 e. The van der Waals surface area contributed by atoms with E-state index in [1.165, 1.54) is 13.0 Å². The highest BCUT2D eigenvalue weighted by molar-refractivity contribution is 6.17. The van der Waals surface area contributed by atoms with Crippen LogP contribution in [0.3, 0.4) is 0 Å². The van der Waals surface area contributed by atoms with E-state index >= 15 is 0 Å². The number of hydrogen-bond acceptors (Lipinski definition) is 2. The predicted octanol–water partition coefficient (Wildman–Crippen LogP) is 3.29. The lowest BCUT2D eigenvalue weighted by molar-refractivity contribution is -0.120. The first kappa shape index (κ1) is 13.3. The number of β-lactam (4-membered cyclic amide) rings is 1. The Kier molecular flexibility index (Phi) is 3.40. The lowest BCUT2D eigenvalue weighted by atomic mass is 9.86. The van der Waals surface area contributed by atoms with E-state index < -0.39 is 0 Å². The molecule has 1 saturated heterocycles. The van der Waals surface area contributed by atoms with Crippen molar-refractivity contribution in [2.45, 2.75) is 13.0 Å². The van der Waals surface area contributed by atoms with Gasteiger partial charge in [0.2, 0.25) is 0 Å². The summed E-state index contributed by atoms with van der Waals surface area (Å²) < 4.78 is 0. The standard InChI is InChI=1S/C18H15NO2/c1-13(20)12-16-17(14-8-4-2-5-9-14)19(18(16)21)15-10-6-3-7-11-15/h2-12,17H,1H3. The van der Waals surface area contributed by atoms with Crippen LogP contribution in [0.4, 0.5) is 5.69 Å². The Morgan fingerprint density at radius 2 is 1.57 bits per heavy atom. The molecule has 104 valence electrons.